The molecule has 6 heteroatoms. The van der Waals surface area contributed by atoms with Gasteiger partial charge in [0.1, 0.15) is 5.76 Å². The van der Waals surface area contributed by atoms with Crippen molar-refractivity contribution in [1.82, 2.24) is 15.8 Å². The van der Waals surface area contributed by atoms with Crippen molar-refractivity contribution < 1.29 is 9.32 Å². The van der Waals surface area contributed by atoms with Crippen LogP contribution in [0.5, 0.6) is 0 Å². The van der Waals surface area contributed by atoms with Crippen LogP contribution < -0.4 is 10.6 Å². The molecule has 1 aromatic rings. The fourth-order valence-corrected chi connectivity index (χ4v) is 2.79. The van der Waals surface area contributed by atoms with Crippen LogP contribution in [0.4, 0.5) is 0 Å². The van der Waals surface area contributed by atoms with Gasteiger partial charge in [-0.25, -0.2) is 0 Å². The molecule has 1 fully saturated rings. The lowest BCUT2D eigenvalue weighted by Gasteiger charge is -2.14. The van der Waals surface area contributed by atoms with Gasteiger partial charge in [0.15, 0.2) is 0 Å². The van der Waals surface area contributed by atoms with E-state index in [1.54, 1.807) is 0 Å². The van der Waals surface area contributed by atoms with Crippen LogP contribution in [0, 0.1) is 19.8 Å². The molecule has 1 aliphatic rings. The molecule has 5 nitrogen and oxygen atoms in total. The van der Waals surface area contributed by atoms with Crippen LogP contribution >= 0.6 is 12.4 Å². The molecule has 0 aromatic carbocycles. The number of halogens is 1. The second-order valence-corrected chi connectivity index (χ2v) is 5.87. The highest BCUT2D eigenvalue weighted by atomic mass is 35.5. The minimum Gasteiger partial charge on any atom is -0.361 e. The first-order chi connectivity index (χ1) is 9.56. The normalized spacial score (nSPS) is 19.1. The van der Waals surface area contributed by atoms with Gasteiger partial charge < -0.3 is 15.2 Å². The van der Waals surface area contributed by atoms with Gasteiger partial charge in [-0.1, -0.05) is 5.16 Å². The third kappa shape index (κ3) is 5.32. The average molecular weight is 316 g/mol. The molecule has 120 valence electrons. The number of aryl methyl sites for hydroxylation is 2. The molecule has 2 atom stereocenters. The van der Waals surface area contributed by atoms with Gasteiger partial charge in [0, 0.05) is 18.0 Å². The summed E-state index contributed by atoms with van der Waals surface area (Å²) in [6.45, 7) is 8.03. The molecular formula is C15H26ClN3O2. The Bertz CT molecular complexity index is 436. The summed E-state index contributed by atoms with van der Waals surface area (Å²) in [6, 6.07) is 0.112. The van der Waals surface area contributed by atoms with Crippen LogP contribution in [-0.4, -0.2) is 30.2 Å². The lowest BCUT2D eigenvalue weighted by Crippen LogP contribution is -2.34. The monoisotopic (exact) mass is 315 g/mol. The van der Waals surface area contributed by atoms with Crippen molar-refractivity contribution >= 4 is 18.3 Å². The number of aromatic nitrogens is 1. The highest BCUT2D eigenvalue weighted by Crippen LogP contribution is 2.16. The highest BCUT2D eigenvalue weighted by Gasteiger charge is 2.17. The Morgan fingerprint density at radius 1 is 1.52 bits per heavy atom. The van der Waals surface area contributed by atoms with Crippen LogP contribution in [-0.2, 0) is 11.2 Å². The number of hydrogen-bond acceptors (Lipinski definition) is 4. The SMILES string of the molecule is Cc1noc(C)c1CC(C)NC(=O)CCC1CCNC1.Cl. The molecule has 1 aromatic heterocycles. The van der Waals surface area contributed by atoms with E-state index in [0.29, 0.717) is 12.3 Å². The summed E-state index contributed by atoms with van der Waals surface area (Å²) in [5.41, 5.74) is 2.03. The largest absolute Gasteiger partial charge is 0.361 e. The van der Waals surface area contributed by atoms with E-state index in [1.165, 1.54) is 6.42 Å². The molecule has 2 rings (SSSR count). The fraction of sp³-hybridized carbons (Fsp3) is 0.733. The van der Waals surface area contributed by atoms with E-state index in [-0.39, 0.29) is 24.4 Å². The molecule has 1 aliphatic heterocycles. The van der Waals surface area contributed by atoms with E-state index in [0.717, 1.165) is 42.9 Å². The van der Waals surface area contributed by atoms with E-state index < -0.39 is 0 Å². The zero-order valence-electron chi connectivity index (χ0n) is 13.1. The standard InChI is InChI=1S/C15H25N3O2.ClH/c1-10(8-14-11(2)18-20-12(14)3)17-15(19)5-4-13-6-7-16-9-13;/h10,13,16H,4-9H2,1-3H3,(H,17,19);1H. The number of nitrogens with zero attached hydrogens (tertiary/aromatic N) is 1. The van der Waals surface area contributed by atoms with E-state index in [1.807, 2.05) is 20.8 Å². The van der Waals surface area contributed by atoms with Gasteiger partial charge in [-0.05, 0) is 59.0 Å². The fourth-order valence-electron chi connectivity index (χ4n) is 2.79. The lowest BCUT2D eigenvalue weighted by atomic mass is 10.0. The van der Waals surface area contributed by atoms with Crippen molar-refractivity contribution in [2.24, 2.45) is 5.92 Å². The Balaban J connectivity index is 0.00000220. The third-order valence-corrected chi connectivity index (χ3v) is 4.04. The van der Waals surface area contributed by atoms with Gasteiger partial charge in [-0.15, -0.1) is 12.4 Å². The number of rotatable bonds is 6. The van der Waals surface area contributed by atoms with Gasteiger partial charge in [0.05, 0.1) is 5.69 Å². The molecule has 0 aliphatic carbocycles. The maximum Gasteiger partial charge on any atom is 0.220 e. The molecule has 2 heterocycles. The smallest absolute Gasteiger partial charge is 0.220 e. The Morgan fingerprint density at radius 3 is 2.86 bits per heavy atom. The quantitative estimate of drug-likeness (QED) is 0.844. The lowest BCUT2D eigenvalue weighted by molar-refractivity contribution is -0.121. The Morgan fingerprint density at radius 2 is 2.29 bits per heavy atom. The van der Waals surface area contributed by atoms with Crippen molar-refractivity contribution in [3.05, 3.63) is 17.0 Å². The van der Waals surface area contributed by atoms with Gasteiger partial charge in [-0.2, -0.15) is 0 Å². The highest BCUT2D eigenvalue weighted by molar-refractivity contribution is 5.85. The molecule has 0 bridgehead atoms. The van der Waals surface area contributed by atoms with Crippen LogP contribution in [0.3, 0.4) is 0 Å². The second kappa shape index (κ2) is 8.39. The van der Waals surface area contributed by atoms with Crippen molar-refractivity contribution in [3.63, 3.8) is 0 Å². The summed E-state index contributed by atoms with van der Waals surface area (Å²) in [5, 5.41) is 10.3. The number of amides is 1. The van der Waals surface area contributed by atoms with Gasteiger partial charge in [-0.3, -0.25) is 4.79 Å². The van der Waals surface area contributed by atoms with E-state index in [2.05, 4.69) is 15.8 Å². The summed E-state index contributed by atoms with van der Waals surface area (Å²) >= 11 is 0. The predicted molar refractivity (Wildman–Crippen MR) is 84.7 cm³/mol. The summed E-state index contributed by atoms with van der Waals surface area (Å²) in [5.74, 6) is 1.66. The number of carbonyl (C=O) groups excluding carboxylic acids is 1. The third-order valence-electron chi connectivity index (χ3n) is 4.04. The first kappa shape index (κ1) is 18.0. The number of carbonyl (C=O) groups is 1. The maximum absolute atomic E-state index is 11.9. The van der Waals surface area contributed by atoms with E-state index >= 15 is 0 Å². The van der Waals surface area contributed by atoms with E-state index in [4.69, 9.17) is 4.52 Å². The summed E-state index contributed by atoms with van der Waals surface area (Å²) in [4.78, 5) is 11.9. The van der Waals surface area contributed by atoms with Gasteiger partial charge in [0.2, 0.25) is 5.91 Å². The van der Waals surface area contributed by atoms with Crippen LogP contribution in [0.25, 0.3) is 0 Å². The van der Waals surface area contributed by atoms with Crippen molar-refractivity contribution in [2.75, 3.05) is 13.1 Å². The van der Waals surface area contributed by atoms with Gasteiger partial charge in [0.25, 0.3) is 0 Å². The minimum atomic E-state index is 0. The molecule has 2 N–H and O–H groups in total. The predicted octanol–water partition coefficient (Wildman–Crippen LogP) is 2.15. The molecule has 1 saturated heterocycles. The second-order valence-electron chi connectivity index (χ2n) is 5.87. The zero-order chi connectivity index (χ0) is 14.5. The Labute approximate surface area is 132 Å². The van der Waals surface area contributed by atoms with Crippen LogP contribution in [0.15, 0.2) is 4.52 Å². The summed E-state index contributed by atoms with van der Waals surface area (Å²) in [7, 11) is 0. The number of nitrogens with one attached hydrogen (secondary N) is 2. The molecule has 0 spiro atoms. The average Bonchev–Trinajstić information content (AvgIpc) is 3.01. The van der Waals surface area contributed by atoms with Crippen LogP contribution in [0.1, 0.15) is 43.2 Å². The maximum atomic E-state index is 11.9. The molecule has 0 radical (unpaired) electrons. The molecule has 0 saturated carbocycles. The summed E-state index contributed by atoms with van der Waals surface area (Å²) < 4.78 is 5.15. The molecular weight excluding hydrogens is 290 g/mol. The Hall–Kier alpha value is -1.07. The topological polar surface area (TPSA) is 67.2 Å². The van der Waals surface area contributed by atoms with E-state index in [9.17, 15) is 4.79 Å². The molecule has 21 heavy (non-hydrogen) atoms. The van der Waals surface area contributed by atoms with Gasteiger partial charge >= 0.3 is 0 Å². The van der Waals surface area contributed by atoms with Crippen LogP contribution in [0.2, 0.25) is 0 Å². The minimum absolute atomic E-state index is 0. The van der Waals surface area contributed by atoms with Crippen molar-refractivity contribution in [2.45, 2.75) is 52.5 Å². The molecule has 2 unspecified atom stereocenters. The number of hydrogen-bond donors (Lipinski definition) is 2. The van der Waals surface area contributed by atoms with Crippen molar-refractivity contribution in [1.29, 1.82) is 0 Å². The zero-order valence-corrected chi connectivity index (χ0v) is 13.9. The first-order valence-electron chi connectivity index (χ1n) is 7.48. The van der Waals surface area contributed by atoms with Crippen molar-refractivity contribution in [3.8, 4) is 0 Å². The summed E-state index contributed by atoms with van der Waals surface area (Å²) in [6.07, 6.45) is 3.58. The first-order valence-corrected chi connectivity index (χ1v) is 7.48. The molecule has 1 amide bonds. The Kier molecular flexibility index (Phi) is 7.18.